The van der Waals surface area contributed by atoms with Gasteiger partial charge in [-0.05, 0) is 44.8 Å². The summed E-state index contributed by atoms with van der Waals surface area (Å²) in [5, 5.41) is 5.53. The standard InChI is InChI=1S/C11H20N4O2.ClH/c1-7(10(16)14-11(12)17)15-3-2-8-4-13-5-9(8)6-15;/h7-9,13H,2-6H2,1H3,(H3,12,14,16,17);1H. The third-order valence-electron chi connectivity index (χ3n) is 3.91. The third-order valence-corrected chi connectivity index (χ3v) is 3.91. The molecule has 3 amide bonds. The monoisotopic (exact) mass is 276 g/mol. The van der Waals surface area contributed by atoms with Gasteiger partial charge in [-0.2, -0.15) is 0 Å². The Labute approximate surface area is 113 Å². The summed E-state index contributed by atoms with van der Waals surface area (Å²) in [5.41, 5.74) is 4.95. The molecule has 2 aliphatic heterocycles. The number of carbonyl (C=O) groups excluding carboxylic acids is 2. The fraction of sp³-hybridized carbons (Fsp3) is 0.818. The van der Waals surface area contributed by atoms with Crippen molar-refractivity contribution in [1.29, 1.82) is 0 Å². The van der Waals surface area contributed by atoms with Crippen LogP contribution in [0.15, 0.2) is 0 Å². The van der Waals surface area contributed by atoms with Gasteiger partial charge in [-0.25, -0.2) is 4.79 Å². The third kappa shape index (κ3) is 3.34. The van der Waals surface area contributed by atoms with Gasteiger partial charge in [0.25, 0.3) is 0 Å². The molecule has 0 aromatic rings. The maximum absolute atomic E-state index is 11.7. The Bertz CT molecular complexity index is 326. The Kier molecular flexibility index (Phi) is 5.37. The van der Waals surface area contributed by atoms with E-state index >= 15 is 0 Å². The van der Waals surface area contributed by atoms with E-state index in [9.17, 15) is 9.59 Å². The van der Waals surface area contributed by atoms with Crippen LogP contribution in [0.4, 0.5) is 4.79 Å². The highest BCUT2D eigenvalue weighted by Gasteiger charge is 2.35. The molecule has 0 radical (unpaired) electrons. The Morgan fingerprint density at radius 2 is 2.06 bits per heavy atom. The lowest BCUT2D eigenvalue weighted by molar-refractivity contribution is -0.125. The number of hydrogen-bond donors (Lipinski definition) is 3. The molecule has 0 aliphatic carbocycles. The Morgan fingerprint density at radius 1 is 1.39 bits per heavy atom. The molecule has 7 heteroatoms. The van der Waals surface area contributed by atoms with Crippen LogP contribution in [0.1, 0.15) is 13.3 Å². The molecule has 0 spiro atoms. The van der Waals surface area contributed by atoms with Crippen LogP contribution < -0.4 is 16.4 Å². The summed E-state index contributed by atoms with van der Waals surface area (Å²) in [6.45, 7) is 5.79. The Morgan fingerprint density at radius 3 is 2.72 bits per heavy atom. The topological polar surface area (TPSA) is 87.5 Å². The molecule has 2 fully saturated rings. The second kappa shape index (κ2) is 6.36. The minimum atomic E-state index is -0.778. The number of carbonyl (C=O) groups is 2. The minimum absolute atomic E-state index is 0. The molecular weight excluding hydrogens is 256 g/mol. The number of likely N-dealkylation sites (tertiary alicyclic amines) is 1. The maximum Gasteiger partial charge on any atom is 0.318 e. The van der Waals surface area contributed by atoms with Gasteiger partial charge in [-0.15, -0.1) is 12.4 Å². The molecule has 2 heterocycles. The van der Waals surface area contributed by atoms with Crippen molar-refractivity contribution >= 4 is 24.3 Å². The predicted octanol–water partition coefficient (Wildman–Crippen LogP) is -0.467. The van der Waals surface area contributed by atoms with Crippen LogP contribution in [0, 0.1) is 11.8 Å². The SMILES string of the molecule is CC(C(=O)NC(N)=O)N1CCC2CNCC2C1.Cl. The van der Waals surface area contributed by atoms with Crippen molar-refractivity contribution in [3.8, 4) is 0 Å². The fourth-order valence-corrected chi connectivity index (χ4v) is 2.81. The van der Waals surface area contributed by atoms with Crippen molar-refractivity contribution in [2.45, 2.75) is 19.4 Å². The molecule has 0 saturated carbocycles. The Hall–Kier alpha value is -0.850. The van der Waals surface area contributed by atoms with Crippen LogP contribution in [0.3, 0.4) is 0 Å². The first-order chi connectivity index (χ1) is 8.08. The first-order valence-corrected chi connectivity index (χ1v) is 6.13. The van der Waals surface area contributed by atoms with Gasteiger partial charge in [0.1, 0.15) is 0 Å². The maximum atomic E-state index is 11.7. The summed E-state index contributed by atoms with van der Waals surface area (Å²) in [4.78, 5) is 24.4. The normalized spacial score (nSPS) is 28.9. The summed E-state index contributed by atoms with van der Waals surface area (Å²) in [5.74, 6) is 1.08. The number of rotatable bonds is 2. The lowest BCUT2D eigenvalue weighted by atomic mass is 9.88. The highest BCUT2D eigenvalue weighted by Crippen LogP contribution is 2.27. The van der Waals surface area contributed by atoms with Gasteiger partial charge in [-0.3, -0.25) is 15.0 Å². The summed E-state index contributed by atoms with van der Waals surface area (Å²) >= 11 is 0. The molecule has 104 valence electrons. The van der Waals surface area contributed by atoms with Gasteiger partial charge in [0, 0.05) is 6.54 Å². The minimum Gasteiger partial charge on any atom is -0.351 e. The number of nitrogens with two attached hydrogens (primary N) is 1. The molecule has 2 aliphatic rings. The van der Waals surface area contributed by atoms with Crippen LogP contribution in [0.25, 0.3) is 0 Å². The highest BCUT2D eigenvalue weighted by atomic mass is 35.5. The molecule has 6 nitrogen and oxygen atoms in total. The van der Waals surface area contributed by atoms with Crippen LogP contribution in [0.5, 0.6) is 0 Å². The molecule has 0 aromatic heterocycles. The zero-order chi connectivity index (χ0) is 12.4. The summed E-state index contributed by atoms with van der Waals surface area (Å²) in [7, 11) is 0. The molecule has 0 bridgehead atoms. The average Bonchev–Trinajstić information content (AvgIpc) is 2.73. The van der Waals surface area contributed by atoms with E-state index in [1.54, 1.807) is 0 Å². The number of nitrogens with one attached hydrogen (secondary N) is 2. The molecule has 2 rings (SSSR count). The number of nitrogens with zero attached hydrogens (tertiary/aromatic N) is 1. The summed E-state index contributed by atoms with van der Waals surface area (Å²) in [6.07, 6.45) is 1.12. The van der Waals surface area contributed by atoms with Crippen molar-refractivity contribution in [3.63, 3.8) is 0 Å². The van der Waals surface area contributed by atoms with Gasteiger partial charge >= 0.3 is 6.03 Å². The molecule has 4 N–H and O–H groups in total. The number of urea groups is 1. The number of piperidine rings is 1. The van der Waals surface area contributed by atoms with E-state index in [0.717, 1.165) is 38.5 Å². The number of hydrogen-bond acceptors (Lipinski definition) is 4. The predicted molar refractivity (Wildman–Crippen MR) is 70.5 cm³/mol. The molecule has 0 aromatic carbocycles. The van der Waals surface area contributed by atoms with E-state index in [0.29, 0.717) is 5.92 Å². The number of imide groups is 1. The first-order valence-electron chi connectivity index (χ1n) is 6.13. The number of fused-ring (bicyclic) bond motifs is 1. The smallest absolute Gasteiger partial charge is 0.318 e. The first kappa shape index (κ1) is 15.2. The van der Waals surface area contributed by atoms with Gasteiger partial charge in [-0.1, -0.05) is 0 Å². The van der Waals surface area contributed by atoms with Crippen LogP contribution in [-0.2, 0) is 4.79 Å². The van der Waals surface area contributed by atoms with Gasteiger partial charge < -0.3 is 11.1 Å². The van der Waals surface area contributed by atoms with Gasteiger partial charge in [0.2, 0.25) is 5.91 Å². The van der Waals surface area contributed by atoms with Gasteiger partial charge in [0.15, 0.2) is 0 Å². The van der Waals surface area contributed by atoms with Crippen LogP contribution >= 0.6 is 12.4 Å². The molecule has 3 unspecified atom stereocenters. The molecule has 2 saturated heterocycles. The van der Waals surface area contributed by atoms with E-state index in [1.807, 2.05) is 6.92 Å². The molecule has 3 atom stereocenters. The van der Waals surface area contributed by atoms with Crippen molar-refractivity contribution in [3.05, 3.63) is 0 Å². The number of primary amides is 1. The molecule has 18 heavy (non-hydrogen) atoms. The quantitative estimate of drug-likeness (QED) is 0.637. The summed E-state index contributed by atoms with van der Waals surface area (Å²) < 4.78 is 0. The summed E-state index contributed by atoms with van der Waals surface area (Å²) in [6, 6.07) is -1.07. The van der Waals surface area contributed by atoms with Gasteiger partial charge in [0.05, 0.1) is 6.04 Å². The Balaban J connectivity index is 0.00000162. The fourth-order valence-electron chi connectivity index (χ4n) is 2.81. The van der Waals surface area contributed by atoms with E-state index in [4.69, 9.17) is 5.73 Å². The molecular formula is C11H21ClN4O2. The van der Waals surface area contributed by atoms with E-state index in [2.05, 4.69) is 15.5 Å². The zero-order valence-corrected chi connectivity index (χ0v) is 11.3. The van der Waals surface area contributed by atoms with E-state index < -0.39 is 6.03 Å². The second-order valence-corrected chi connectivity index (χ2v) is 4.99. The van der Waals surface area contributed by atoms with E-state index in [-0.39, 0.29) is 24.4 Å². The number of amides is 3. The van der Waals surface area contributed by atoms with Crippen molar-refractivity contribution in [2.75, 3.05) is 26.2 Å². The number of halogens is 1. The van der Waals surface area contributed by atoms with Crippen molar-refractivity contribution < 1.29 is 9.59 Å². The zero-order valence-electron chi connectivity index (χ0n) is 10.5. The largest absolute Gasteiger partial charge is 0.351 e. The lowest BCUT2D eigenvalue weighted by Crippen LogP contribution is -2.52. The van der Waals surface area contributed by atoms with Crippen molar-refractivity contribution in [1.82, 2.24) is 15.5 Å². The lowest BCUT2D eigenvalue weighted by Gasteiger charge is -2.37. The van der Waals surface area contributed by atoms with E-state index in [1.165, 1.54) is 0 Å². The second-order valence-electron chi connectivity index (χ2n) is 4.99. The highest BCUT2D eigenvalue weighted by molar-refractivity contribution is 5.96. The van der Waals surface area contributed by atoms with Crippen LogP contribution in [0.2, 0.25) is 0 Å². The average molecular weight is 277 g/mol. The van der Waals surface area contributed by atoms with Crippen LogP contribution in [-0.4, -0.2) is 49.1 Å². The van der Waals surface area contributed by atoms with Crippen molar-refractivity contribution in [2.24, 2.45) is 17.6 Å².